The van der Waals surface area contributed by atoms with Gasteiger partial charge in [-0.2, -0.15) is 11.8 Å². The van der Waals surface area contributed by atoms with Crippen molar-refractivity contribution < 1.29 is 5.11 Å². The maximum Gasteiger partial charge on any atom is 0.0630 e. The maximum atomic E-state index is 9.91. The van der Waals surface area contributed by atoms with Gasteiger partial charge in [-0.1, -0.05) is 91.9 Å². The molecule has 0 saturated heterocycles. The summed E-state index contributed by atoms with van der Waals surface area (Å²) >= 11 is 1.87. The van der Waals surface area contributed by atoms with Crippen molar-refractivity contribution in [3.8, 4) is 0 Å². The van der Waals surface area contributed by atoms with Crippen LogP contribution in [0.4, 0.5) is 0 Å². The zero-order chi connectivity index (χ0) is 15.3. The van der Waals surface area contributed by atoms with E-state index in [2.05, 4.69) is 27.7 Å². The molecule has 0 heterocycles. The molecule has 0 radical (unpaired) electrons. The zero-order valence-corrected chi connectivity index (χ0v) is 15.2. The van der Waals surface area contributed by atoms with Crippen LogP contribution in [-0.4, -0.2) is 21.7 Å². The Balaban J connectivity index is 3.19. The maximum absolute atomic E-state index is 9.91. The number of aliphatic hydroxyl groups is 1. The minimum atomic E-state index is -0.103. The molecule has 2 heteroatoms. The van der Waals surface area contributed by atoms with Crippen LogP contribution in [0.3, 0.4) is 0 Å². The fraction of sp³-hybridized carbons (Fsp3) is 1.00. The lowest BCUT2D eigenvalue weighted by Crippen LogP contribution is -2.16. The van der Waals surface area contributed by atoms with Crippen LogP contribution in [0.5, 0.6) is 0 Å². The molecule has 0 aromatic heterocycles. The summed E-state index contributed by atoms with van der Waals surface area (Å²) in [4.78, 5) is 0. The molecule has 0 fully saturated rings. The van der Waals surface area contributed by atoms with E-state index < -0.39 is 0 Å². The van der Waals surface area contributed by atoms with Crippen LogP contribution in [0.15, 0.2) is 0 Å². The van der Waals surface area contributed by atoms with E-state index in [1.165, 1.54) is 64.2 Å². The summed E-state index contributed by atoms with van der Waals surface area (Å²) in [6.07, 6.45) is 14.6. The molecule has 0 amide bonds. The summed E-state index contributed by atoms with van der Waals surface area (Å²) in [5.74, 6) is 0.890. The van der Waals surface area contributed by atoms with Crippen LogP contribution in [0.25, 0.3) is 0 Å². The van der Waals surface area contributed by atoms with Gasteiger partial charge in [-0.05, 0) is 6.42 Å². The smallest absolute Gasteiger partial charge is 0.0630 e. The first-order chi connectivity index (χ1) is 9.45. The average Bonchev–Trinajstić information content (AvgIpc) is 2.38. The Bertz CT molecular complexity index is 198. The van der Waals surface area contributed by atoms with E-state index in [-0.39, 0.29) is 10.9 Å². The predicted molar refractivity (Wildman–Crippen MR) is 94.7 cm³/mol. The Morgan fingerprint density at radius 1 is 0.800 bits per heavy atom. The highest BCUT2D eigenvalue weighted by atomic mass is 32.2. The SMILES string of the molecule is CCCCCCCCCCCCC(O)CSC(C)(C)C. The second-order valence-corrected chi connectivity index (χ2v) is 8.89. The molecular formula is C18H38OS. The second-order valence-electron chi connectivity index (χ2n) is 7.05. The van der Waals surface area contributed by atoms with Crippen LogP contribution in [0.1, 0.15) is 98.3 Å². The van der Waals surface area contributed by atoms with Gasteiger partial charge in [-0.25, -0.2) is 0 Å². The lowest BCUT2D eigenvalue weighted by Gasteiger charge is -2.20. The topological polar surface area (TPSA) is 20.2 Å². The average molecular weight is 303 g/mol. The van der Waals surface area contributed by atoms with Crippen molar-refractivity contribution in [3.05, 3.63) is 0 Å². The summed E-state index contributed by atoms with van der Waals surface area (Å²) in [7, 11) is 0. The molecule has 1 N–H and O–H groups in total. The van der Waals surface area contributed by atoms with Crippen molar-refractivity contribution in [2.45, 2.75) is 109 Å². The molecule has 122 valence electrons. The number of hydrogen-bond donors (Lipinski definition) is 1. The molecule has 0 aromatic carbocycles. The Morgan fingerprint density at radius 3 is 1.70 bits per heavy atom. The largest absolute Gasteiger partial charge is 0.392 e. The van der Waals surface area contributed by atoms with Crippen molar-refractivity contribution in [2.75, 3.05) is 5.75 Å². The normalized spacial score (nSPS) is 13.7. The fourth-order valence-electron chi connectivity index (χ4n) is 2.30. The highest BCUT2D eigenvalue weighted by Gasteiger charge is 2.13. The highest BCUT2D eigenvalue weighted by Crippen LogP contribution is 2.24. The van der Waals surface area contributed by atoms with Gasteiger partial charge in [0.15, 0.2) is 0 Å². The van der Waals surface area contributed by atoms with E-state index in [9.17, 15) is 5.11 Å². The van der Waals surface area contributed by atoms with Gasteiger partial charge < -0.3 is 5.11 Å². The molecule has 20 heavy (non-hydrogen) atoms. The van der Waals surface area contributed by atoms with E-state index in [1.54, 1.807) is 0 Å². The molecule has 0 saturated carbocycles. The van der Waals surface area contributed by atoms with E-state index in [1.807, 2.05) is 11.8 Å². The van der Waals surface area contributed by atoms with Gasteiger partial charge in [0.25, 0.3) is 0 Å². The van der Waals surface area contributed by atoms with E-state index in [0.29, 0.717) is 0 Å². The zero-order valence-electron chi connectivity index (χ0n) is 14.4. The van der Waals surface area contributed by atoms with Gasteiger partial charge in [0.2, 0.25) is 0 Å². The third kappa shape index (κ3) is 16.4. The van der Waals surface area contributed by atoms with Crippen molar-refractivity contribution >= 4 is 11.8 Å². The van der Waals surface area contributed by atoms with E-state index in [0.717, 1.165) is 12.2 Å². The van der Waals surface area contributed by atoms with Crippen molar-refractivity contribution in [2.24, 2.45) is 0 Å². The summed E-state index contributed by atoms with van der Waals surface area (Å²) in [5.41, 5.74) is 0. The fourth-order valence-corrected chi connectivity index (χ4v) is 3.16. The number of thioether (sulfide) groups is 1. The predicted octanol–water partition coefficient (Wildman–Crippen LogP) is 6.19. The van der Waals surface area contributed by atoms with Gasteiger partial charge in [-0.3, -0.25) is 0 Å². The summed E-state index contributed by atoms with van der Waals surface area (Å²) in [6.45, 7) is 8.91. The van der Waals surface area contributed by atoms with Crippen LogP contribution >= 0.6 is 11.8 Å². The first-order valence-electron chi connectivity index (χ1n) is 8.77. The molecule has 0 bridgehead atoms. The first kappa shape index (κ1) is 20.3. The Hall–Kier alpha value is 0.310. The third-order valence-corrected chi connectivity index (χ3v) is 5.02. The monoisotopic (exact) mass is 302 g/mol. The summed E-state index contributed by atoms with van der Waals surface area (Å²) in [6, 6.07) is 0. The van der Waals surface area contributed by atoms with Gasteiger partial charge in [0, 0.05) is 10.5 Å². The molecule has 0 aliphatic heterocycles. The lowest BCUT2D eigenvalue weighted by atomic mass is 10.1. The Morgan fingerprint density at radius 2 is 1.25 bits per heavy atom. The van der Waals surface area contributed by atoms with Crippen molar-refractivity contribution in [1.29, 1.82) is 0 Å². The number of rotatable bonds is 13. The molecule has 1 atom stereocenters. The van der Waals surface area contributed by atoms with Crippen LogP contribution in [-0.2, 0) is 0 Å². The number of hydrogen-bond acceptors (Lipinski definition) is 2. The van der Waals surface area contributed by atoms with Crippen LogP contribution < -0.4 is 0 Å². The van der Waals surface area contributed by atoms with Gasteiger partial charge >= 0.3 is 0 Å². The van der Waals surface area contributed by atoms with Gasteiger partial charge in [-0.15, -0.1) is 0 Å². The van der Waals surface area contributed by atoms with Gasteiger partial charge in [0.1, 0.15) is 0 Å². The molecule has 0 spiro atoms. The molecule has 1 unspecified atom stereocenters. The summed E-state index contributed by atoms with van der Waals surface area (Å²) < 4.78 is 0.277. The van der Waals surface area contributed by atoms with E-state index in [4.69, 9.17) is 0 Å². The molecule has 1 nitrogen and oxygen atoms in total. The Labute approximate surface area is 132 Å². The third-order valence-electron chi connectivity index (χ3n) is 3.60. The van der Waals surface area contributed by atoms with Crippen molar-refractivity contribution in [3.63, 3.8) is 0 Å². The summed E-state index contributed by atoms with van der Waals surface area (Å²) in [5, 5.41) is 9.91. The standard InChI is InChI=1S/C18H38OS/c1-5-6-7-8-9-10-11-12-13-14-15-17(19)16-20-18(2,3)4/h17,19H,5-16H2,1-4H3. The lowest BCUT2D eigenvalue weighted by molar-refractivity contribution is 0.184. The number of unbranched alkanes of at least 4 members (excludes halogenated alkanes) is 9. The quantitative estimate of drug-likeness (QED) is 0.409. The molecule has 0 aliphatic carbocycles. The van der Waals surface area contributed by atoms with Crippen LogP contribution in [0, 0.1) is 0 Å². The minimum Gasteiger partial charge on any atom is -0.392 e. The van der Waals surface area contributed by atoms with Crippen molar-refractivity contribution in [1.82, 2.24) is 0 Å². The molecular weight excluding hydrogens is 264 g/mol. The Kier molecular flexibility index (Phi) is 13.2. The molecule has 0 aromatic rings. The minimum absolute atomic E-state index is 0.103. The van der Waals surface area contributed by atoms with Gasteiger partial charge in [0.05, 0.1) is 6.10 Å². The van der Waals surface area contributed by atoms with Crippen LogP contribution in [0.2, 0.25) is 0 Å². The first-order valence-corrected chi connectivity index (χ1v) is 9.76. The second kappa shape index (κ2) is 13.0. The molecule has 0 rings (SSSR count). The number of aliphatic hydroxyl groups excluding tert-OH is 1. The molecule has 0 aliphatic rings. The highest BCUT2D eigenvalue weighted by molar-refractivity contribution is 8.00. The van der Waals surface area contributed by atoms with E-state index >= 15 is 0 Å².